The molecule has 0 aliphatic heterocycles. The number of primary amides is 1. The molecule has 27 heavy (non-hydrogen) atoms. The second kappa shape index (κ2) is 7.77. The molecule has 0 bridgehead atoms. The Morgan fingerprint density at radius 1 is 1.15 bits per heavy atom. The van der Waals surface area contributed by atoms with Crippen molar-refractivity contribution in [3.63, 3.8) is 0 Å². The predicted octanol–water partition coefficient (Wildman–Crippen LogP) is 1.54. The number of carbonyl (C=O) groups is 2. The van der Waals surface area contributed by atoms with Gasteiger partial charge in [0.1, 0.15) is 17.7 Å². The van der Waals surface area contributed by atoms with Gasteiger partial charge in [0.2, 0.25) is 11.7 Å². The van der Waals surface area contributed by atoms with Crippen molar-refractivity contribution in [3.05, 3.63) is 77.6 Å². The molecule has 7 nitrogen and oxygen atoms in total. The Labute approximate surface area is 155 Å². The number of benzene rings is 2. The molecular formula is C19H18FN5O2. The fourth-order valence-corrected chi connectivity index (χ4v) is 2.61. The Morgan fingerprint density at radius 3 is 2.44 bits per heavy atom. The van der Waals surface area contributed by atoms with E-state index in [0.29, 0.717) is 11.5 Å². The maximum absolute atomic E-state index is 13.1. The van der Waals surface area contributed by atoms with E-state index in [-0.39, 0.29) is 18.1 Å². The molecule has 1 atom stereocenters. The van der Waals surface area contributed by atoms with E-state index in [9.17, 15) is 14.0 Å². The Bertz CT molecular complexity index is 954. The molecule has 8 heteroatoms. The highest BCUT2D eigenvalue weighted by molar-refractivity contribution is 5.94. The molecule has 3 aromatic rings. The van der Waals surface area contributed by atoms with Crippen molar-refractivity contribution < 1.29 is 14.0 Å². The van der Waals surface area contributed by atoms with Crippen molar-refractivity contribution in [2.45, 2.75) is 19.4 Å². The van der Waals surface area contributed by atoms with E-state index < -0.39 is 17.9 Å². The van der Waals surface area contributed by atoms with E-state index in [2.05, 4.69) is 15.4 Å². The van der Waals surface area contributed by atoms with Gasteiger partial charge in [-0.25, -0.2) is 14.1 Å². The van der Waals surface area contributed by atoms with Gasteiger partial charge in [0.25, 0.3) is 5.91 Å². The minimum Gasteiger partial charge on any atom is -0.368 e. The number of hydrogen-bond donors (Lipinski definition) is 2. The van der Waals surface area contributed by atoms with Crippen molar-refractivity contribution >= 4 is 11.8 Å². The van der Waals surface area contributed by atoms with Crippen molar-refractivity contribution in [1.29, 1.82) is 0 Å². The van der Waals surface area contributed by atoms with Crippen LogP contribution in [0.3, 0.4) is 0 Å². The Morgan fingerprint density at radius 2 is 1.81 bits per heavy atom. The maximum atomic E-state index is 13.1. The van der Waals surface area contributed by atoms with Gasteiger partial charge in [0.15, 0.2) is 0 Å². The maximum Gasteiger partial charge on any atom is 0.291 e. The third kappa shape index (κ3) is 4.35. The molecule has 0 spiro atoms. The van der Waals surface area contributed by atoms with Crippen molar-refractivity contribution in [2.75, 3.05) is 0 Å². The molecule has 1 unspecified atom stereocenters. The first kappa shape index (κ1) is 18.2. The summed E-state index contributed by atoms with van der Waals surface area (Å²) in [5.74, 6) is -1.29. The Balaban J connectivity index is 1.77. The summed E-state index contributed by atoms with van der Waals surface area (Å²) in [6.07, 6.45) is 0.263. The van der Waals surface area contributed by atoms with Gasteiger partial charge in [0.05, 0.1) is 5.69 Å². The van der Waals surface area contributed by atoms with Crippen LogP contribution in [0.15, 0.2) is 54.6 Å². The number of nitrogens with one attached hydrogen (secondary N) is 1. The molecule has 0 saturated heterocycles. The molecule has 0 radical (unpaired) electrons. The molecule has 0 saturated carbocycles. The summed E-state index contributed by atoms with van der Waals surface area (Å²) in [5, 5.41) is 6.72. The van der Waals surface area contributed by atoms with Gasteiger partial charge in [-0.15, -0.1) is 5.10 Å². The molecule has 1 aromatic heterocycles. The third-order valence-electron chi connectivity index (χ3n) is 3.97. The van der Waals surface area contributed by atoms with Gasteiger partial charge in [0, 0.05) is 6.42 Å². The number of hydrogen-bond acceptors (Lipinski definition) is 4. The second-order valence-corrected chi connectivity index (χ2v) is 5.99. The van der Waals surface area contributed by atoms with Gasteiger partial charge in [-0.3, -0.25) is 9.59 Å². The number of carbonyl (C=O) groups excluding carboxylic acids is 2. The van der Waals surface area contributed by atoms with E-state index in [1.54, 1.807) is 6.92 Å². The molecule has 0 fully saturated rings. The standard InChI is InChI=1S/C19H18FN5O2/c1-12-22-18(24-25(12)15-9-7-14(20)8-10-15)19(27)23-16(17(21)26)11-13-5-3-2-4-6-13/h2-10,16H,11H2,1H3,(H2,21,26)(H,23,27). The predicted molar refractivity (Wildman–Crippen MR) is 96.6 cm³/mol. The molecular weight excluding hydrogens is 349 g/mol. The topological polar surface area (TPSA) is 103 Å². The minimum absolute atomic E-state index is 0.101. The van der Waals surface area contributed by atoms with Gasteiger partial charge in [-0.05, 0) is 36.8 Å². The fraction of sp³-hybridized carbons (Fsp3) is 0.158. The Kier molecular flexibility index (Phi) is 5.25. The van der Waals surface area contributed by atoms with Gasteiger partial charge >= 0.3 is 0 Å². The van der Waals surface area contributed by atoms with Crippen LogP contribution in [0.25, 0.3) is 5.69 Å². The second-order valence-electron chi connectivity index (χ2n) is 5.99. The minimum atomic E-state index is -0.891. The summed E-state index contributed by atoms with van der Waals surface area (Å²) in [6, 6.07) is 14.0. The number of aromatic nitrogens is 3. The van der Waals surface area contributed by atoms with Crippen LogP contribution in [0.4, 0.5) is 4.39 Å². The highest BCUT2D eigenvalue weighted by atomic mass is 19.1. The van der Waals surface area contributed by atoms with Crippen molar-refractivity contribution in [2.24, 2.45) is 5.73 Å². The van der Waals surface area contributed by atoms with Gasteiger partial charge < -0.3 is 11.1 Å². The van der Waals surface area contributed by atoms with Crippen LogP contribution in [-0.4, -0.2) is 32.6 Å². The number of halogens is 1. The molecule has 138 valence electrons. The first-order valence-electron chi connectivity index (χ1n) is 8.28. The van der Waals surface area contributed by atoms with E-state index in [1.165, 1.54) is 28.9 Å². The summed E-state index contributed by atoms with van der Waals surface area (Å²) in [4.78, 5) is 28.3. The summed E-state index contributed by atoms with van der Waals surface area (Å²) < 4.78 is 14.5. The van der Waals surface area contributed by atoms with E-state index in [4.69, 9.17) is 5.73 Å². The molecule has 2 aromatic carbocycles. The summed E-state index contributed by atoms with van der Waals surface area (Å²) in [6.45, 7) is 1.67. The highest BCUT2D eigenvalue weighted by Crippen LogP contribution is 2.11. The van der Waals surface area contributed by atoms with Crippen LogP contribution in [0.2, 0.25) is 0 Å². The smallest absolute Gasteiger partial charge is 0.291 e. The van der Waals surface area contributed by atoms with Crippen LogP contribution in [0, 0.1) is 12.7 Å². The monoisotopic (exact) mass is 367 g/mol. The number of nitrogens with two attached hydrogens (primary N) is 1. The van der Waals surface area contributed by atoms with Gasteiger partial charge in [-0.1, -0.05) is 30.3 Å². The normalized spacial score (nSPS) is 11.8. The van der Waals surface area contributed by atoms with Crippen molar-refractivity contribution in [3.8, 4) is 5.69 Å². The fourth-order valence-electron chi connectivity index (χ4n) is 2.61. The number of aryl methyl sites for hydroxylation is 1. The van der Waals surface area contributed by atoms with Crippen LogP contribution >= 0.6 is 0 Å². The van der Waals surface area contributed by atoms with Crippen LogP contribution in [-0.2, 0) is 11.2 Å². The van der Waals surface area contributed by atoms with Crippen LogP contribution < -0.4 is 11.1 Å². The van der Waals surface area contributed by atoms with Crippen molar-refractivity contribution in [1.82, 2.24) is 20.1 Å². The average Bonchev–Trinajstić information content (AvgIpc) is 3.04. The average molecular weight is 367 g/mol. The van der Waals surface area contributed by atoms with E-state index >= 15 is 0 Å². The SMILES string of the molecule is Cc1nc(C(=O)NC(Cc2ccccc2)C(N)=O)nn1-c1ccc(F)cc1. The number of rotatable bonds is 6. The Hall–Kier alpha value is -3.55. The summed E-state index contributed by atoms with van der Waals surface area (Å²) >= 11 is 0. The van der Waals surface area contributed by atoms with E-state index in [0.717, 1.165) is 5.56 Å². The molecule has 3 rings (SSSR count). The zero-order valence-corrected chi connectivity index (χ0v) is 14.6. The van der Waals surface area contributed by atoms with Gasteiger partial charge in [-0.2, -0.15) is 0 Å². The number of amides is 2. The lowest BCUT2D eigenvalue weighted by Gasteiger charge is -2.14. The van der Waals surface area contributed by atoms with Crippen LogP contribution in [0.5, 0.6) is 0 Å². The largest absolute Gasteiger partial charge is 0.368 e. The summed E-state index contributed by atoms with van der Waals surface area (Å²) in [5.41, 5.74) is 6.85. The first-order valence-corrected chi connectivity index (χ1v) is 8.28. The lowest BCUT2D eigenvalue weighted by Crippen LogP contribution is -2.46. The lowest BCUT2D eigenvalue weighted by atomic mass is 10.1. The molecule has 3 N–H and O–H groups in total. The van der Waals surface area contributed by atoms with E-state index in [1.807, 2.05) is 30.3 Å². The zero-order chi connectivity index (χ0) is 19.4. The quantitative estimate of drug-likeness (QED) is 0.690. The third-order valence-corrected chi connectivity index (χ3v) is 3.97. The zero-order valence-electron chi connectivity index (χ0n) is 14.6. The molecule has 0 aliphatic rings. The molecule has 0 aliphatic carbocycles. The summed E-state index contributed by atoms with van der Waals surface area (Å²) in [7, 11) is 0. The number of nitrogens with zero attached hydrogens (tertiary/aromatic N) is 3. The first-order chi connectivity index (χ1) is 12.9. The molecule has 2 amide bonds. The molecule has 1 heterocycles. The highest BCUT2D eigenvalue weighted by Gasteiger charge is 2.22. The van der Waals surface area contributed by atoms with Crippen LogP contribution in [0.1, 0.15) is 22.0 Å². The lowest BCUT2D eigenvalue weighted by molar-refractivity contribution is -0.119.